The highest BCUT2D eigenvalue weighted by Gasteiger charge is 2.32. The van der Waals surface area contributed by atoms with Gasteiger partial charge >= 0.3 is 0 Å². The lowest BCUT2D eigenvalue weighted by atomic mass is 9.99. The zero-order valence-corrected chi connectivity index (χ0v) is 9.22. The molecule has 2 aliphatic heterocycles. The van der Waals surface area contributed by atoms with Crippen LogP contribution in [0.3, 0.4) is 0 Å². The van der Waals surface area contributed by atoms with Crippen LogP contribution in [0.1, 0.15) is 12.8 Å². The van der Waals surface area contributed by atoms with Gasteiger partial charge in [0.25, 0.3) is 0 Å². The van der Waals surface area contributed by atoms with Crippen LogP contribution in [0, 0.1) is 17.2 Å². The van der Waals surface area contributed by atoms with Crippen molar-refractivity contribution in [2.45, 2.75) is 18.9 Å². The zero-order chi connectivity index (χ0) is 11.4. The third-order valence-corrected chi connectivity index (χ3v) is 3.07. The smallest absolute Gasteiger partial charge is 0.229 e. The van der Waals surface area contributed by atoms with Crippen LogP contribution >= 0.6 is 0 Å². The molecule has 0 radical (unpaired) electrons. The number of carbonyl (C=O) groups is 1. The Labute approximate surface area is 94.9 Å². The van der Waals surface area contributed by atoms with Gasteiger partial charge in [0.05, 0.1) is 31.8 Å². The van der Waals surface area contributed by atoms with Gasteiger partial charge in [-0.25, -0.2) is 0 Å². The molecule has 0 N–H and O–H groups in total. The number of morpholine rings is 1. The van der Waals surface area contributed by atoms with Gasteiger partial charge in [-0.05, 0) is 12.8 Å². The Morgan fingerprint density at radius 1 is 1.31 bits per heavy atom. The summed E-state index contributed by atoms with van der Waals surface area (Å²) in [6.07, 6.45) is 1.80. The molecule has 2 rings (SSSR count). The fourth-order valence-electron chi connectivity index (χ4n) is 2.14. The van der Waals surface area contributed by atoms with Crippen molar-refractivity contribution in [3.63, 3.8) is 0 Å². The van der Waals surface area contributed by atoms with E-state index >= 15 is 0 Å². The molecule has 0 aromatic rings. The molecule has 5 heteroatoms. The maximum atomic E-state index is 12.2. The van der Waals surface area contributed by atoms with Crippen LogP contribution in [0.2, 0.25) is 0 Å². The lowest BCUT2D eigenvalue weighted by molar-refractivity contribution is -0.146. The molecule has 2 fully saturated rings. The monoisotopic (exact) mass is 224 g/mol. The van der Waals surface area contributed by atoms with Gasteiger partial charge in [0.2, 0.25) is 5.91 Å². The Morgan fingerprint density at radius 3 is 2.81 bits per heavy atom. The van der Waals surface area contributed by atoms with Crippen molar-refractivity contribution in [3.8, 4) is 6.07 Å². The van der Waals surface area contributed by atoms with E-state index in [9.17, 15) is 4.79 Å². The van der Waals surface area contributed by atoms with E-state index in [0.717, 1.165) is 19.4 Å². The SMILES string of the molecule is N#C[C@@H]1COCCN1C(=O)[C@@H]1CCCOC1. The predicted octanol–water partition coefficient (Wildman–Crippen LogP) is 0.164. The van der Waals surface area contributed by atoms with E-state index in [1.165, 1.54) is 0 Å². The first-order valence-electron chi connectivity index (χ1n) is 5.68. The average Bonchev–Trinajstić information content (AvgIpc) is 2.39. The minimum atomic E-state index is -0.428. The van der Waals surface area contributed by atoms with Crippen molar-refractivity contribution in [3.05, 3.63) is 0 Å². The van der Waals surface area contributed by atoms with E-state index < -0.39 is 6.04 Å². The van der Waals surface area contributed by atoms with Gasteiger partial charge in [0, 0.05) is 13.2 Å². The van der Waals surface area contributed by atoms with Crippen molar-refractivity contribution >= 4 is 5.91 Å². The van der Waals surface area contributed by atoms with Gasteiger partial charge in [-0.1, -0.05) is 0 Å². The summed E-state index contributed by atoms with van der Waals surface area (Å²) < 4.78 is 10.5. The number of hydrogen-bond acceptors (Lipinski definition) is 4. The fourth-order valence-corrected chi connectivity index (χ4v) is 2.14. The van der Waals surface area contributed by atoms with Crippen molar-refractivity contribution in [1.82, 2.24) is 4.90 Å². The first-order chi connectivity index (χ1) is 7.83. The molecular formula is C11H16N2O3. The van der Waals surface area contributed by atoms with Gasteiger partial charge in [-0.15, -0.1) is 0 Å². The molecule has 16 heavy (non-hydrogen) atoms. The topological polar surface area (TPSA) is 62.6 Å². The number of nitriles is 1. The van der Waals surface area contributed by atoms with E-state index in [-0.39, 0.29) is 11.8 Å². The lowest BCUT2D eigenvalue weighted by Crippen LogP contribution is -2.51. The summed E-state index contributed by atoms with van der Waals surface area (Å²) >= 11 is 0. The van der Waals surface area contributed by atoms with Crippen molar-refractivity contribution < 1.29 is 14.3 Å². The number of rotatable bonds is 1. The van der Waals surface area contributed by atoms with Gasteiger partial charge in [-0.2, -0.15) is 5.26 Å². The summed E-state index contributed by atoms with van der Waals surface area (Å²) in [6.45, 7) is 2.61. The Morgan fingerprint density at radius 2 is 2.12 bits per heavy atom. The first kappa shape index (κ1) is 11.4. The Balaban J connectivity index is 1.98. The molecule has 2 atom stereocenters. The number of amides is 1. The van der Waals surface area contributed by atoms with Crippen LogP contribution in [0.25, 0.3) is 0 Å². The molecular weight excluding hydrogens is 208 g/mol. The predicted molar refractivity (Wildman–Crippen MR) is 55.5 cm³/mol. The normalized spacial score (nSPS) is 30.8. The molecule has 5 nitrogen and oxygen atoms in total. The largest absolute Gasteiger partial charge is 0.381 e. The van der Waals surface area contributed by atoms with Crippen molar-refractivity contribution in [2.75, 3.05) is 33.0 Å². The molecule has 0 aliphatic carbocycles. The average molecular weight is 224 g/mol. The van der Waals surface area contributed by atoms with Crippen LogP contribution in [0.5, 0.6) is 0 Å². The number of carbonyl (C=O) groups excluding carboxylic acids is 1. The molecule has 0 spiro atoms. The van der Waals surface area contributed by atoms with Crippen LogP contribution in [-0.4, -0.2) is 49.8 Å². The van der Waals surface area contributed by atoms with Gasteiger partial charge in [0.1, 0.15) is 6.04 Å². The number of ether oxygens (including phenoxy) is 2. The molecule has 0 bridgehead atoms. The standard InChI is InChI=1S/C11H16N2O3/c12-6-10-8-16-5-3-13(10)11(14)9-2-1-4-15-7-9/h9-10H,1-5,7-8H2/t9-,10-/m1/s1. The molecule has 2 aliphatic rings. The van der Waals surface area contributed by atoms with Crippen LogP contribution in [-0.2, 0) is 14.3 Å². The third-order valence-electron chi connectivity index (χ3n) is 3.07. The zero-order valence-electron chi connectivity index (χ0n) is 9.22. The Bertz CT molecular complexity index is 294. The molecule has 0 aromatic heterocycles. The van der Waals surface area contributed by atoms with Crippen molar-refractivity contribution in [1.29, 1.82) is 5.26 Å². The minimum Gasteiger partial charge on any atom is -0.381 e. The number of hydrogen-bond donors (Lipinski definition) is 0. The fraction of sp³-hybridized carbons (Fsp3) is 0.818. The van der Waals surface area contributed by atoms with Gasteiger partial charge in [0.15, 0.2) is 0 Å². The van der Waals surface area contributed by atoms with Crippen molar-refractivity contribution in [2.24, 2.45) is 5.92 Å². The second-order valence-electron chi connectivity index (χ2n) is 4.17. The molecule has 88 valence electrons. The van der Waals surface area contributed by atoms with E-state index in [1.54, 1.807) is 4.90 Å². The highest BCUT2D eigenvalue weighted by molar-refractivity contribution is 5.79. The molecule has 1 amide bonds. The molecule has 0 saturated carbocycles. The van der Waals surface area contributed by atoms with Crippen LogP contribution in [0.15, 0.2) is 0 Å². The molecule has 0 aromatic carbocycles. The lowest BCUT2D eigenvalue weighted by Gasteiger charge is -2.35. The molecule has 2 saturated heterocycles. The Hall–Kier alpha value is -1.12. The Kier molecular flexibility index (Phi) is 3.75. The van der Waals surface area contributed by atoms with E-state index in [1.807, 2.05) is 0 Å². The van der Waals surface area contributed by atoms with Crippen LogP contribution in [0.4, 0.5) is 0 Å². The minimum absolute atomic E-state index is 0.0505. The van der Waals surface area contributed by atoms with Crippen LogP contribution < -0.4 is 0 Å². The third kappa shape index (κ3) is 2.34. The summed E-state index contributed by atoms with van der Waals surface area (Å²) in [7, 11) is 0. The summed E-state index contributed by atoms with van der Waals surface area (Å²) in [6, 6.07) is 1.69. The van der Waals surface area contributed by atoms with Gasteiger partial charge in [-0.3, -0.25) is 4.79 Å². The number of nitrogens with zero attached hydrogens (tertiary/aromatic N) is 2. The maximum absolute atomic E-state index is 12.2. The summed E-state index contributed by atoms with van der Waals surface area (Å²) in [5.74, 6) is -0.0164. The second kappa shape index (κ2) is 5.28. The molecule has 2 heterocycles. The summed E-state index contributed by atoms with van der Waals surface area (Å²) in [5.41, 5.74) is 0. The summed E-state index contributed by atoms with van der Waals surface area (Å²) in [4.78, 5) is 13.8. The first-order valence-corrected chi connectivity index (χ1v) is 5.68. The van der Waals surface area contributed by atoms with E-state index in [4.69, 9.17) is 14.7 Å². The summed E-state index contributed by atoms with van der Waals surface area (Å²) in [5, 5.41) is 8.95. The quantitative estimate of drug-likeness (QED) is 0.636. The highest BCUT2D eigenvalue weighted by atomic mass is 16.5. The van der Waals surface area contributed by atoms with E-state index in [2.05, 4.69) is 6.07 Å². The molecule has 0 unspecified atom stereocenters. The highest BCUT2D eigenvalue weighted by Crippen LogP contribution is 2.19. The van der Waals surface area contributed by atoms with E-state index in [0.29, 0.717) is 26.4 Å². The van der Waals surface area contributed by atoms with Gasteiger partial charge < -0.3 is 14.4 Å². The maximum Gasteiger partial charge on any atom is 0.229 e. The second-order valence-corrected chi connectivity index (χ2v) is 4.17.